The normalized spacial score (nSPS) is 10.8. The van der Waals surface area contributed by atoms with E-state index >= 15 is 0 Å². The number of hydrogen-bond acceptors (Lipinski definition) is 5. The van der Waals surface area contributed by atoms with Crippen molar-refractivity contribution in [2.45, 2.75) is 20.3 Å². The average Bonchev–Trinajstić information content (AvgIpc) is 2.74. The van der Waals surface area contributed by atoms with Gasteiger partial charge in [-0.15, -0.1) is 0 Å². The molecule has 17 heavy (non-hydrogen) atoms. The first-order chi connectivity index (χ1) is 8.04. The maximum atomic E-state index is 11.7. The molecule has 0 aliphatic heterocycles. The first-order valence-electron chi connectivity index (χ1n) is 5.17. The van der Waals surface area contributed by atoms with Crippen molar-refractivity contribution in [2.75, 3.05) is 0 Å². The summed E-state index contributed by atoms with van der Waals surface area (Å²) in [5.41, 5.74) is -0.206. The number of aromatic nitrogens is 4. The van der Waals surface area contributed by atoms with E-state index in [0.29, 0.717) is 18.0 Å². The van der Waals surface area contributed by atoms with Gasteiger partial charge in [-0.05, 0) is 6.92 Å². The smallest absolute Gasteiger partial charge is 0.328 e. The highest BCUT2D eigenvalue weighted by Crippen LogP contribution is 2.14. The Balaban J connectivity index is 2.71. The molecular weight excluding hydrogens is 224 g/mol. The molecule has 2 aromatic heterocycles. The van der Waals surface area contributed by atoms with Gasteiger partial charge in [0.15, 0.2) is 0 Å². The van der Waals surface area contributed by atoms with Crippen molar-refractivity contribution in [1.29, 1.82) is 0 Å². The number of H-pyrrole nitrogens is 1. The number of aryl methyl sites for hydroxylation is 1. The minimum atomic E-state index is -0.506. The third-order valence-corrected chi connectivity index (χ3v) is 2.61. The van der Waals surface area contributed by atoms with Crippen LogP contribution in [0.4, 0.5) is 0 Å². The molecule has 0 atom stereocenters. The van der Waals surface area contributed by atoms with E-state index in [1.54, 1.807) is 14.0 Å². The van der Waals surface area contributed by atoms with Gasteiger partial charge in [0, 0.05) is 19.2 Å². The Hall–Kier alpha value is -2.18. The van der Waals surface area contributed by atoms with Gasteiger partial charge in [0.05, 0.1) is 0 Å². The summed E-state index contributed by atoms with van der Waals surface area (Å²) in [4.78, 5) is 29.4. The molecule has 0 unspecified atom stereocenters. The van der Waals surface area contributed by atoms with Gasteiger partial charge in [-0.3, -0.25) is 9.78 Å². The van der Waals surface area contributed by atoms with Crippen LogP contribution in [-0.4, -0.2) is 19.7 Å². The van der Waals surface area contributed by atoms with Crippen molar-refractivity contribution in [3.63, 3.8) is 0 Å². The van der Waals surface area contributed by atoms with Crippen molar-refractivity contribution in [3.8, 4) is 11.4 Å². The Morgan fingerprint density at radius 2 is 2.12 bits per heavy atom. The van der Waals surface area contributed by atoms with Gasteiger partial charge in [0.1, 0.15) is 5.56 Å². The van der Waals surface area contributed by atoms with Crippen LogP contribution in [0.25, 0.3) is 11.4 Å². The van der Waals surface area contributed by atoms with E-state index in [0.717, 1.165) is 0 Å². The summed E-state index contributed by atoms with van der Waals surface area (Å²) in [6.07, 6.45) is 0.593. The highest BCUT2D eigenvalue weighted by atomic mass is 16.5. The third-order valence-electron chi connectivity index (χ3n) is 2.61. The van der Waals surface area contributed by atoms with Gasteiger partial charge in [-0.2, -0.15) is 4.98 Å². The predicted molar refractivity (Wildman–Crippen MR) is 59.7 cm³/mol. The molecule has 0 aliphatic rings. The third kappa shape index (κ3) is 1.79. The molecule has 7 heteroatoms. The molecular formula is C10H12N4O3. The van der Waals surface area contributed by atoms with E-state index in [9.17, 15) is 9.59 Å². The Labute approximate surface area is 96.1 Å². The van der Waals surface area contributed by atoms with Crippen molar-refractivity contribution in [1.82, 2.24) is 19.7 Å². The van der Waals surface area contributed by atoms with E-state index in [1.807, 2.05) is 6.92 Å². The molecule has 90 valence electrons. The zero-order chi connectivity index (χ0) is 12.6. The lowest BCUT2D eigenvalue weighted by Gasteiger charge is -2.04. The van der Waals surface area contributed by atoms with Crippen LogP contribution in [0, 0.1) is 6.92 Å². The Morgan fingerprint density at radius 1 is 1.41 bits per heavy atom. The second-order valence-electron chi connectivity index (χ2n) is 3.64. The molecule has 0 radical (unpaired) electrons. The van der Waals surface area contributed by atoms with Crippen molar-refractivity contribution in [2.24, 2.45) is 7.05 Å². The molecule has 0 spiro atoms. The van der Waals surface area contributed by atoms with Crippen molar-refractivity contribution < 1.29 is 4.52 Å². The summed E-state index contributed by atoms with van der Waals surface area (Å²) >= 11 is 0. The lowest BCUT2D eigenvalue weighted by molar-refractivity contribution is 0.382. The zero-order valence-corrected chi connectivity index (χ0v) is 9.77. The number of hydrogen-bond donors (Lipinski definition) is 1. The molecule has 0 bridgehead atoms. The van der Waals surface area contributed by atoms with Crippen LogP contribution in [0.1, 0.15) is 18.5 Å². The molecule has 1 N–H and O–H groups in total. The predicted octanol–water partition coefficient (Wildman–Crippen LogP) is -0.00558. The first-order valence-corrected chi connectivity index (χ1v) is 5.17. The largest absolute Gasteiger partial charge is 0.339 e. The van der Waals surface area contributed by atoms with Crippen molar-refractivity contribution in [3.05, 3.63) is 32.4 Å². The molecule has 7 nitrogen and oxygen atoms in total. The summed E-state index contributed by atoms with van der Waals surface area (Å²) in [5, 5.41) is 3.73. The van der Waals surface area contributed by atoms with Gasteiger partial charge < -0.3 is 9.09 Å². The topological polar surface area (TPSA) is 93.8 Å². The monoisotopic (exact) mass is 236 g/mol. The maximum Gasteiger partial charge on any atom is 0.328 e. The van der Waals surface area contributed by atoms with Crippen LogP contribution < -0.4 is 11.2 Å². The van der Waals surface area contributed by atoms with Crippen molar-refractivity contribution >= 4 is 0 Å². The molecule has 0 saturated heterocycles. The highest BCUT2D eigenvalue weighted by molar-refractivity contribution is 5.55. The van der Waals surface area contributed by atoms with E-state index in [2.05, 4.69) is 15.1 Å². The Kier molecular flexibility index (Phi) is 2.66. The fourth-order valence-corrected chi connectivity index (χ4v) is 1.49. The van der Waals surface area contributed by atoms with Gasteiger partial charge in [-0.1, -0.05) is 12.1 Å². The van der Waals surface area contributed by atoms with Crippen LogP contribution in [0.15, 0.2) is 14.1 Å². The number of rotatable bonds is 2. The Morgan fingerprint density at radius 3 is 2.71 bits per heavy atom. The Bertz CT molecular complexity index is 665. The second-order valence-corrected chi connectivity index (χ2v) is 3.64. The van der Waals surface area contributed by atoms with Crippen LogP contribution in [0.5, 0.6) is 0 Å². The number of nitrogens with zero attached hydrogens (tertiary/aromatic N) is 3. The number of nitrogens with one attached hydrogen (secondary N) is 1. The summed E-state index contributed by atoms with van der Waals surface area (Å²) < 4.78 is 6.28. The van der Waals surface area contributed by atoms with E-state index in [-0.39, 0.29) is 11.4 Å². The van der Waals surface area contributed by atoms with Crippen LogP contribution in [0.2, 0.25) is 0 Å². The molecule has 0 saturated carbocycles. The van der Waals surface area contributed by atoms with Crippen LogP contribution in [0.3, 0.4) is 0 Å². The fourth-order valence-electron chi connectivity index (χ4n) is 1.49. The van der Waals surface area contributed by atoms with Crippen LogP contribution in [-0.2, 0) is 13.5 Å². The standard InChI is InChI=1S/C10H12N4O3/c1-4-6-11-8(13-17-6)7-5(2)14(3)10(16)12-9(7)15/h4H2,1-3H3,(H,12,15,16). The summed E-state index contributed by atoms with van der Waals surface area (Å²) in [7, 11) is 1.57. The molecule has 0 aliphatic carbocycles. The fraction of sp³-hybridized carbons (Fsp3) is 0.400. The molecule has 2 rings (SSSR count). The maximum absolute atomic E-state index is 11.7. The molecule has 0 amide bonds. The SMILES string of the molecule is CCc1nc(-c2c(C)n(C)c(=O)[nH]c2=O)no1. The number of aromatic amines is 1. The molecule has 2 heterocycles. The lowest BCUT2D eigenvalue weighted by atomic mass is 10.2. The molecule has 0 aromatic carbocycles. The van der Waals surface area contributed by atoms with E-state index < -0.39 is 11.2 Å². The summed E-state index contributed by atoms with van der Waals surface area (Å²) in [5.74, 6) is 0.656. The minimum absolute atomic E-state index is 0.205. The van der Waals surface area contributed by atoms with Crippen LogP contribution >= 0.6 is 0 Å². The van der Waals surface area contributed by atoms with Gasteiger partial charge in [0.2, 0.25) is 11.7 Å². The van der Waals surface area contributed by atoms with E-state index in [4.69, 9.17) is 4.52 Å². The second kappa shape index (κ2) is 4.00. The zero-order valence-electron chi connectivity index (χ0n) is 9.77. The van der Waals surface area contributed by atoms with Gasteiger partial charge >= 0.3 is 5.69 Å². The average molecular weight is 236 g/mol. The van der Waals surface area contributed by atoms with Gasteiger partial charge in [-0.25, -0.2) is 4.79 Å². The van der Waals surface area contributed by atoms with E-state index in [1.165, 1.54) is 4.57 Å². The molecule has 2 aromatic rings. The minimum Gasteiger partial charge on any atom is -0.339 e. The summed E-state index contributed by atoms with van der Waals surface area (Å²) in [6, 6.07) is 0. The molecule has 0 fully saturated rings. The lowest BCUT2D eigenvalue weighted by Crippen LogP contribution is -2.31. The summed E-state index contributed by atoms with van der Waals surface area (Å²) in [6.45, 7) is 3.53. The van der Waals surface area contributed by atoms with Gasteiger partial charge in [0.25, 0.3) is 5.56 Å². The first kappa shape index (κ1) is 11.3. The quantitative estimate of drug-likeness (QED) is 0.791. The highest BCUT2D eigenvalue weighted by Gasteiger charge is 2.16.